The van der Waals surface area contributed by atoms with Crippen LogP contribution in [-0.2, 0) is 14.9 Å². The van der Waals surface area contributed by atoms with Gasteiger partial charge < -0.3 is 10.5 Å². The number of methoxy groups -OCH3 is 1. The van der Waals surface area contributed by atoms with Crippen LogP contribution in [0.15, 0.2) is 0 Å². The smallest absolute Gasteiger partial charge is 0.282 e. The van der Waals surface area contributed by atoms with Gasteiger partial charge in [-0.15, -0.1) is 0 Å². The summed E-state index contributed by atoms with van der Waals surface area (Å²) in [5.74, 6) is 0. The van der Waals surface area contributed by atoms with E-state index in [2.05, 4.69) is 0 Å². The third-order valence-electron chi connectivity index (χ3n) is 2.41. The summed E-state index contributed by atoms with van der Waals surface area (Å²) in [6.45, 7) is 3.01. The molecule has 0 amide bonds. The lowest BCUT2D eigenvalue weighted by atomic mass is 10.4. The highest BCUT2D eigenvalue weighted by Gasteiger charge is 2.35. The van der Waals surface area contributed by atoms with E-state index in [-0.39, 0.29) is 0 Å². The molecule has 1 saturated heterocycles. The fourth-order valence-corrected chi connectivity index (χ4v) is 3.15. The van der Waals surface area contributed by atoms with Crippen molar-refractivity contribution in [3.05, 3.63) is 0 Å². The predicted molar refractivity (Wildman–Crippen MR) is 57.6 cm³/mol. The first-order valence-electron chi connectivity index (χ1n) is 5.07. The van der Waals surface area contributed by atoms with Crippen LogP contribution in [0.5, 0.6) is 0 Å². The Bertz CT molecular complexity index is 259. The van der Waals surface area contributed by atoms with Gasteiger partial charge in [0.1, 0.15) is 0 Å². The minimum atomic E-state index is -3.24. The lowest BCUT2D eigenvalue weighted by molar-refractivity contribution is 0.182. The van der Waals surface area contributed by atoms with Crippen LogP contribution in [-0.4, -0.2) is 63.5 Å². The third kappa shape index (κ3) is 3.12. The van der Waals surface area contributed by atoms with E-state index in [1.165, 1.54) is 8.61 Å². The Labute approximate surface area is 91.2 Å². The summed E-state index contributed by atoms with van der Waals surface area (Å²) < 4.78 is 31.5. The summed E-state index contributed by atoms with van der Waals surface area (Å²) in [4.78, 5) is 0. The molecule has 7 heteroatoms. The van der Waals surface area contributed by atoms with Gasteiger partial charge >= 0.3 is 0 Å². The van der Waals surface area contributed by atoms with Crippen LogP contribution in [0.1, 0.15) is 6.42 Å². The zero-order chi connectivity index (χ0) is 11.3. The van der Waals surface area contributed by atoms with Gasteiger partial charge in [0, 0.05) is 33.3 Å². The Kier molecular flexibility index (Phi) is 4.94. The molecule has 6 nitrogen and oxygen atoms in total. The molecular formula is C8H19N3O3S. The number of ether oxygens (including phenoxy) is 1. The molecule has 1 rings (SSSR count). The third-order valence-corrected chi connectivity index (χ3v) is 4.44. The molecule has 2 N–H and O–H groups in total. The van der Waals surface area contributed by atoms with Crippen molar-refractivity contribution in [1.29, 1.82) is 0 Å². The fourth-order valence-electron chi connectivity index (χ4n) is 1.53. The Morgan fingerprint density at radius 3 is 2.40 bits per heavy atom. The monoisotopic (exact) mass is 237 g/mol. The molecule has 0 aliphatic carbocycles. The number of rotatable bonds is 6. The first-order valence-corrected chi connectivity index (χ1v) is 6.47. The van der Waals surface area contributed by atoms with Crippen molar-refractivity contribution in [2.45, 2.75) is 6.42 Å². The molecule has 0 bridgehead atoms. The zero-order valence-electron chi connectivity index (χ0n) is 9.05. The van der Waals surface area contributed by atoms with Crippen molar-refractivity contribution in [2.75, 3.05) is 46.4 Å². The van der Waals surface area contributed by atoms with Gasteiger partial charge in [0.15, 0.2) is 0 Å². The molecule has 0 aromatic heterocycles. The molecule has 1 heterocycles. The van der Waals surface area contributed by atoms with Gasteiger partial charge in [-0.05, 0) is 13.0 Å². The van der Waals surface area contributed by atoms with Crippen LogP contribution >= 0.6 is 0 Å². The molecule has 15 heavy (non-hydrogen) atoms. The molecule has 0 aromatic carbocycles. The maximum absolute atomic E-state index is 11.9. The molecule has 0 saturated carbocycles. The second-order valence-electron chi connectivity index (χ2n) is 3.44. The van der Waals surface area contributed by atoms with Gasteiger partial charge in [0.05, 0.1) is 6.61 Å². The summed E-state index contributed by atoms with van der Waals surface area (Å²) in [5, 5.41) is 0. The van der Waals surface area contributed by atoms with Crippen molar-refractivity contribution >= 4 is 10.2 Å². The Hall–Kier alpha value is -0.210. The van der Waals surface area contributed by atoms with Crippen LogP contribution < -0.4 is 5.73 Å². The second-order valence-corrected chi connectivity index (χ2v) is 5.37. The summed E-state index contributed by atoms with van der Waals surface area (Å²) in [5.41, 5.74) is 5.35. The van der Waals surface area contributed by atoms with Gasteiger partial charge in [-0.1, -0.05) is 0 Å². The standard InChI is InChI=1S/C8H19N3O3S/c1-14-8-7-11-6-5-10(4-2-3-9)15(11,12)13/h2-9H2,1H3. The van der Waals surface area contributed by atoms with Gasteiger partial charge in [-0.3, -0.25) is 0 Å². The van der Waals surface area contributed by atoms with Crippen LogP contribution in [0.25, 0.3) is 0 Å². The maximum Gasteiger partial charge on any atom is 0.282 e. The Morgan fingerprint density at radius 1 is 1.27 bits per heavy atom. The minimum Gasteiger partial charge on any atom is -0.383 e. The van der Waals surface area contributed by atoms with E-state index >= 15 is 0 Å². The van der Waals surface area contributed by atoms with Crippen molar-refractivity contribution < 1.29 is 13.2 Å². The second kappa shape index (κ2) is 5.76. The molecule has 1 fully saturated rings. The van der Waals surface area contributed by atoms with Crippen LogP contribution in [0.3, 0.4) is 0 Å². The molecule has 0 radical (unpaired) electrons. The van der Waals surface area contributed by atoms with Crippen molar-refractivity contribution in [3.63, 3.8) is 0 Å². The first kappa shape index (κ1) is 12.9. The molecule has 0 aromatic rings. The quantitative estimate of drug-likeness (QED) is 0.632. The summed E-state index contributed by atoms with van der Waals surface area (Å²) in [6, 6.07) is 0. The Balaban J connectivity index is 2.51. The van der Waals surface area contributed by atoms with Crippen molar-refractivity contribution in [1.82, 2.24) is 8.61 Å². The van der Waals surface area contributed by atoms with Gasteiger partial charge in [0.25, 0.3) is 10.2 Å². The highest BCUT2D eigenvalue weighted by molar-refractivity contribution is 7.87. The summed E-state index contributed by atoms with van der Waals surface area (Å²) in [7, 11) is -1.68. The van der Waals surface area contributed by atoms with E-state index in [1.807, 2.05) is 0 Å². The van der Waals surface area contributed by atoms with E-state index in [9.17, 15) is 8.42 Å². The molecule has 0 atom stereocenters. The molecule has 0 unspecified atom stereocenters. The summed E-state index contributed by atoms with van der Waals surface area (Å²) in [6.07, 6.45) is 0.706. The average molecular weight is 237 g/mol. The van der Waals surface area contributed by atoms with Crippen molar-refractivity contribution in [2.24, 2.45) is 5.73 Å². The number of hydrogen-bond acceptors (Lipinski definition) is 4. The van der Waals surface area contributed by atoms with Crippen LogP contribution in [0, 0.1) is 0 Å². The molecule has 1 aliphatic heterocycles. The van der Waals surface area contributed by atoms with Gasteiger partial charge in [-0.2, -0.15) is 17.0 Å². The van der Waals surface area contributed by atoms with Gasteiger partial charge in [0.2, 0.25) is 0 Å². The predicted octanol–water partition coefficient (Wildman–Crippen LogP) is -1.16. The fraction of sp³-hybridized carbons (Fsp3) is 1.00. The minimum absolute atomic E-state index is 0.429. The lowest BCUT2D eigenvalue weighted by Gasteiger charge is -2.17. The van der Waals surface area contributed by atoms with Crippen LogP contribution in [0.4, 0.5) is 0 Å². The average Bonchev–Trinajstić information content (AvgIpc) is 2.48. The normalized spacial score (nSPS) is 22.3. The number of hydrogen-bond donors (Lipinski definition) is 1. The topological polar surface area (TPSA) is 75.9 Å². The molecule has 1 aliphatic rings. The number of nitrogens with zero attached hydrogens (tertiary/aromatic N) is 2. The molecule has 90 valence electrons. The SMILES string of the molecule is COCCN1CCN(CCCN)S1(=O)=O. The zero-order valence-corrected chi connectivity index (χ0v) is 9.87. The highest BCUT2D eigenvalue weighted by Crippen LogP contribution is 2.15. The highest BCUT2D eigenvalue weighted by atomic mass is 32.2. The number of nitrogens with two attached hydrogens (primary N) is 1. The van der Waals surface area contributed by atoms with E-state index in [1.54, 1.807) is 7.11 Å². The first-order chi connectivity index (χ1) is 7.12. The van der Waals surface area contributed by atoms with Crippen molar-refractivity contribution in [3.8, 4) is 0 Å². The van der Waals surface area contributed by atoms with Gasteiger partial charge in [-0.25, -0.2) is 0 Å². The van der Waals surface area contributed by atoms with E-state index < -0.39 is 10.2 Å². The van der Waals surface area contributed by atoms with E-state index in [4.69, 9.17) is 10.5 Å². The summed E-state index contributed by atoms with van der Waals surface area (Å²) >= 11 is 0. The van der Waals surface area contributed by atoms with Crippen LogP contribution in [0.2, 0.25) is 0 Å². The largest absolute Gasteiger partial charge is 0.383 e. The Morgan fingerprint density at radius 2 is 1.87 bits per heavy atom. The van der Waals surface area contributed by atoms with E-state index in [0.717, 1.165) is 0 Å². The molecule has 0 spiro atoms. The maximum atomic E-state index is 11.9. The van der Waals surface area contributed by atoms with E-state index in [0.29, 0.717) is 45.8 Å². The lowest BCUT2D eigenvalue weighted by Crippen LogP contribution is -2.35. The molecular weight excluding hydrogens is 218 g/mol.